The van der Waals surface area contributed by atoms with Gasteiger partial charge in [-0.05, 0) is 49.3 Å². The highest BCUT2D eigenvalue weighted by molar-refractivity contribution is 5.30. The standard InChI is InChI=1S/C18H30N2O/c1-3-5-6-12-19-20-18(4-2)16-8-7-9-17(13-16)21-14-15-10-11-15/h7-9,13,15,18-20H,3-6,10-12,14H2,1-2H3. The first-order valence-electron chi connectivity index (χ1n) is 8.54. The number of benzene rings is 1. The maximum atomic E-state index is 5.87. The van der Waals surface area contributed by atoms with Crippen LogP contribution in [0.15, 0.2) is 24.3 Å². The molecular formula is C18H30N2O. The van der Waals surface area contributed by atoms with E-state index >= 15 is 0 Å². The van der Waals surface area contributed by atoms with Crippen LogP contribution in [0.3, 0.4) is 0 Å². The fraction of sp³-hybridized carbons (Fsp3) is 0.667. The highest BCUT2D eigenvalue weighted by Gasteiger charge is 2.22. The Morgan fingerprint density at radius 2 is 2.10 bits per heavy atom. The van der Waals surface area contributed by atoms with E-state index in [1.807, 2.05) is 0 Å². The lowest BCUT2D eigenvalue weighted by atomic mass is 10.1. The normalized spacial score (nSPS) is 15.9. The molecule has 0 heterocycles. The van der Waals surface area contributed by atoms with Gasteiger partial charge in [-0.25, -0.2) is 0 Å². The molecule has 3 heteroatoms. The molecule has 0 bridgehead atoms. The topological polar surface area (TPSA) is 33.3 Å². The van der Waals surface area contributed by atoms with Gasteiger partial charge in [-0.2, -0.15) is 0 Å². The molecule has 1 saturated carbocycles. The summed E-state index contributed by atoms with van der Waals surface area (Å²) < 4.78 is 5.87. The van der Waals surface area contributed by atoms with Crippen molar-refractivity contribution >= 4 is 0 Å². The fourth-order valence-corrected chi connectivity index (χ4v) is 2.40. The number of hydrogen-bond donors (Lipinski definition) is 2. The smallest absolute Gasteiger partial charge is 0.119 e. The van der Waals surface area contributed by atoms with E-state index in [0.29, 0.717) is 6.04 Å². The SMILES string of the molecule is CCCCCNNC(CC)c1cccc(OCC2CC2)c1. The lowest BCUT2D eigenvalue weighted by molar-refractivity contribution is 0.299. The second-order valence-corrected chi connectivity index (χ2v) is 6.07. The maximum Gasteiger partial charge on any atom is 0.119 e. The molecule has 1 aliphatic carbocycles. The van der Waals surface area contributed by atoms with Crippen molar-refractivity contribution < 1.29 is 4.74 Å². The summed E-state index contributed by atoms with van der Waals surface area (Å²) >= 11 is 0. The Hall–Kier alpha value is -1.06. The van der Waals surface area contributed by atoms with Crippen molar-refractivity contribution in [2.75, 3.05) is 13.2 Å². The minimum absolute atomic E-state index is 0.344. The van der Waals surface area contributed by atoms with Gasteiger partial charge in [0.25, 0.3) is 0 Å². The third kappa shape index (κ3) is 6.06. The molecule has 2 rings (SSSR count). The zero-order valence-corrected chi connectivity index (χ0v) is 13.5. The van der Waals surface area contributed by atoms with Crippen LogP contribution in [0.25, 0.3) is 0 Å². The van der Waals surface area contributed by atoms with Crippen LogP contribution >= 0.6 is 0 Å². The molecule has 21 heavy (non-hydrogen) atoms. The summed E-state index contributed by atoms with van der Waals surface area (Å²) in [6.45, 7) is 6.35. The summed E-state index contributed by atoms with van der Waals surface area (Å²) in [4.78, 5) is 0. The van der Waals surface area contributed by atoms with Gasteiger partial charge in [0, 0.05) is 12.6 Å². The zero-order valence-electron chi connectivity index (χ0n) is 13.5. The highest BCUT2D eigenvalue weighted by Crippen LogP contribution is 2.30. The van der Waals surface area contributed by atoms with E-state index in [9.17, 15) is 0 Å². The van der Waals surface area contributed by atoms with Gasteiger partial charge in [-0.1, -0.05) is 38.8 Å². The summed E-state index contributed by atoms with van der Waals surface area (Å²) in [5.41, 5.74) is 8.10. The number of unbranched alkanes of at least 4 members (excludes halogenated alkanes) is 2. The first kappa shape index (κ1) is 16.3. The van der Waals surface area contributed by atoms with E-state index in [0.717, 1.165) is 31.2 Å². The Balaban J connectivity index is 1.79. The highest BCUT2D eigenvalue weighted by atomic mass is 16.5. The Bertz CT molecular complexity index is 404. The number of ether oxygens (including phenoxy) is 1. The van der Waals surface area contributed by atoms with Crippen LogP contribution in [-0.2, 0) is 0 Å². The maximum absolute atomic E-state index is 5.87. The van der Waals surface area contributed by atoms with Gasteiger partial charge in [0.2, 0.25) is 0 Å². The van der Waals surface area contributed by atoms with Crippen molar-refractivity contribution in [2.45, 2.75) is 58.4 Å². The summed E-state index contributed by atoms with van der Waals surface area (Å²) in [5, 5.41) is 0. The van der Waals surface area contributed by atoms with E-state index in [1.54, 1.807) is 0 Å². The largest absolute Gasteiger partial charge is 0.493 e. The van der Waals surface area contributed by atoms with E-state index in [2.05, 4.69) is 49.0 Å². The summed E-state index contributed by atoms with van der Waals surface area (Å²) in [6, 6.07) is 8.86. The van der Waals surface area contributed by atoms with Gasteiger partial charge in [0.05, 0.1) is 6.61 Å². The Kier molecular flexibility index (Phi) is 7.04. The van der Waals surface area contributed by atoms with Gasteiger partial charge >= 0.3 is 0 Å². The van der Waals surface area contributed by atoms with Gasteiger partial charge in [0.1, 0.15) is 5.75 Å². The Morgan fingerprint density at radius 3 is 2.81 bits per heavy atom. The van der Waals surface area contributed by atoms with Crippen LogP contribution in [0.1, 0.15) is 64.0 Å². The molecule has 1 aromatic carbocycles. The number of rotatable bonds is 11. The molecule has 1 atom stereocenters. The van der Waals surface area contributed by atoms with Crippen LogP contribution < -0.4 is 15.6 Å². The van der Waals surface area contributed by atoms with Crippen molar-refractivity contribution in [2.24, 2.45) is 5.92 Å². The first-order chi connectivity index (χ1) is 10.3. The third-order valence-corrected chi connectivity index (χ3v) is 4.03. The van der Waals surface area contributed by atoms with E-state index < -0.39 is 0 Å². The molecule has 1 aliphatic rings. The van der Waals surface area contributed by atoms with Crippen molar-refractivity contribution in [1.29, 1.82) is 0 Å². The molecule has 0 amide bonds. The van der Waals surface area contributed by atoms with Crippen LogP contribution in [0.2, 0.25) is 0 Å². The molecule has 0 aliphatic heterocycles. The van der Waals surface area contributed by atoms with Gasteiger partial charge in [-0.3, -0.25) is 10.9 Å². The number of nitrogens with one attached hydrogen (secondary N) is 2. The molecule has 1 unspecified atom stereocenters. The Labute approximate surface area is 129 Å². The predicted octanol–water partition coefficient (Wildman–Crippen LogP) is 4.21. The quantitative estimate of drug-likeness (QED) is 0.473. The first-order valence-corrected chi connectivity index (χ1v) is 8.54. The molecule has 118 valence electrons. The average Bonchev–Trinajstić information content (AvgIpc) is 3.33. The number of hydrogen-bond acceptors (Lipinski definition) is 3. The molecule has 0 spiro atoms. The van der Waals surface area contributed by atoms with Crippen molar-refractivity contribution in [1.82, 2.24) is 10.9 Å². The van der Waals surface area contributed by atoms with Gasteiger partial charge < -0.3 is 4.74 Å². The zero-order chi connectivity index (χ0) is 14.9. The van der Waals surface area contributed by atoms with Crippen molar-refractivity contribution in [3.8, 4) is 5.75 Å². The molecule has 0 aromatic heterocycles. The second kappa shape index (κ2) is 9.06. The summed E-state index contributed by atoms with van der Waals surface area (Å²) in [5.74, 6) is 1.81. The molecule has 1 fully saturated rings. The van der Waals surface area contributed by atoms with Crippen molar-refractivity contribution in [3.63, 3.8) is 0 Å². The molecule has 3 nitrogen and oxygen atoms in total. The third-order valence-electron chi connectivity index (χ3n) is 4.03. The van der Waals surface area contributed by atoms with E-state index in [4.69, 9.17) is 4.74 Å². The van der Waals surface area contributed by atoms with Crippen LogP contribution in [-0.4, -0.2) is 13.2 Å². The van der Waals surface area contributed by atoms with Crippen LogP contribution in [0, 0.1) is 5.92 Å². The Morgan fingerprint density at radius 1 is 1.24 bits per heavy atom. The summed E-state index contributed by atoms with van der Waals surface area (Å²) in [7, 11) is 0. The molecule has 1 aromatic rings. The van der Waals surface area contributed by atoms with E-state index in [1.165, 1.54) is 37.7 Å². The van der Waals surface area contributed by atoms with Gasteiger partial charge in [-0.15, -0.1) is 0 Å². The molecular weight excluding hydrogens is 260 g/mol. The lowest BCUT2D eigenvalue weighted by Gasteiger charge is -2.19. The number of hydrazine groups is 1. The molecule has 0 saturated heterocycles. The summed E-state index contributed by atoms with van der Waals surface area (Å²) in [6.07, 6.45) is 7.51. The van der Waals surface area contributed by atoms with Crippen LogP contribution in [0.5, 0.6) is 5.75 Å². The fourth-order valence-electron chi connectivity index (χ4n) is 2.40. The predicted molar refractivity (Wildman–Crippen MR) is 88.4 cm³/mol. The second-order valence-electron chi connectivity index (χ2n) is 6.07. The average molecular weight is 290 g/mol. The van der Waals surface area contributed by atoms with Crippen molar-refractivity contribution in [3.05, 3.63) is 29.8 Å². The van der Waals surface area contributed by atoms with Gasteiger partial charge in [0.15, 0.2) is 0 Å². The lowest BCUT2D eigenvalue weighted by Crippen LogP contribution is -2.35. The minimum atomic E-state index is 0.344. The minimum Gasteiger partial charge on any atom is -0.493 e. The van der Waals surface area contributed by atoms with E-state index in [-0.39, 0.29) is 0 Å². The molecule has 2 N–H and O–H groups in total. The molecule has 0 radical (unpaired) electrons. The van der Waals surface area contributed by atoms with Crippen LogP contribution in [0.4, 0.5) is 0 Å². The monoisotopic (exact) mass is 290 g/mol.